The summed E-state index contributed by atoms with van der Waals surface area (Å²) in [5, 5.41) is 3.63. The zero-order valence-electron chi connectivity index (χ0n) is 8.34. The second kappa shape index (κ2) is 2.91. The van der Waals surface area contributed by atoms with Crippen LogP contribution >= 0.6 is 0 Å². The van der Waals surface area contributed by atoms with Gasteiger partial charge in [-0.05, 0) is 49.3 Å². The summed E-state index contributed by atoms with van der Waals surface area (Å²) in [6.45, 7) is 0. The number of fused-ring (bicyclic) bond motifs is 2. The van der Waals surface area contributed by atoms with Crippen LogP contribution in [0.15, 0.2) is 34.7 Å². The highest BCUT2D eigenvalue weighted by atomic mass is 15.0. The van der Waals surface area contributed by atoms with Gasteiger partial charge in [-0.2, -0.15) is 0 Å². The maximum absolute atomic E-state index is 5.85. The Kier molecular flexibility index (Phi) is 1.69. The first kappa shape index (κ1) is 8.16. The fraction of sp³-hybridized carbons (Fsp3) is 0.500. The van der Waals surface area contributed by atoms with Crippen LogP contribution in [0, 0.1) is 0 Å². The maximum atomic E-state index is 5.85. The average molecular weight is 188 g/mol. The maximum Gasteiger partial charge on any atom is 0.0550 e. The van der Waals surface area contributed by atoms with E-state index in [0.717, 1.165) is 12.1 Å². The SMILES string of the molecule is NC1=CCC2NC3=C(CCCC3)C2=C1. The number of nitrogens with one attached hydrogen (secondary N) is 1. The molecule has 1 heterocycles. The predicted molar refractivity (Wildman–Crippen MR) is 57.4 cm³/mol. The summed E-state index contributed by atoms with van der Waals surface area (Å²) in [6, 6.07) is 0.533. The van der Waals surface area contributed by atoms with Crippen molar-refractivity contribution in [1.82, 2.24) is 5.32 Å². The third kappa shape index (κ3) is 1.10. The number of allylic oxidation sites excluding steroid dienone is 2. The fourth-order valence-corrected chi connectivity index (χ4v) is 2.75. The Hall–Kier alpha value is -1.18. The van der Waals surface area contributed by atoms with E-state index in [9.17, 15) is 0 Å². The molecule has 74 valence electrons. The van der Waals surface area contributed by atoms with Crippen LogP contribution in [-0.4, -0.2) is 6.04 Å². The zero-order valence-corrected chi connectivity index (χ0v) is 8.34. The molecule has 0 fully saturated rings. The molecule has 3 N–H and O–H groups in total. The largest absolute Gasteiger partial charge is 0.399 e. The smallest absolute Gasteiger partial charge is 0.0550 e. The molecule has 0 amide bonds. The highest BCUT2D eigenvalue weighted by Crippen LogP contribution is 2.38. The molecule has 0 aromatic heterocycles. The fourth-order valence-electron chi connectivity index (χ4n) is 2.75. The molecule has 2 heteroatoms. The molecule has 0 radical (unpaired) electrons. The summed E-state index contributed by atoms with van der Waals surface area (Å²) in [6.07, 6.45) is 10.5. The van der Waals surface area contributed by atoms with Crippen molar-refractivity contribution in [2.75, 3.05) is 0 Å². The summed E-state index contributed by atoms with van der Waals surface area (Å²) >= 11 is 0. The lowest BCUT2D eigenvalue weighted by atomic mass is 9.88. The first-order valence-electron chi connectivity index (χ1n) is 5.51. The van der Waals surface area contributed by atoms with Crippen molar-refractivity contribution in [3.05, 3.63) is 34.7 Å². The molecular weight excluding hydrogens is 172 g/mol. The van der Waals surface area contributed by atoms with Gasteiger partial charge in [0, 0.05) is 11.4 Å². The first-order chi connectivity index (χ1) is 6.84. The molecule has 2 nitrogen and oxygen atoms in total. The molecule has 0 aromatic rings. The van der Waals surface area contributed by atoms with E-state index in [0.29, 0.717) is 6.04 Å². The van der Waals surface area contributed by atoms with Gasteiger partial charge in [0.2, 0.25) is 0 Å². The van der Waals surface area contributed by atoms with E-state index in [1.54, 1.807) is 5.57 Å². The Morgan fingerprint density at radius 3 is 3.07 bits per heavy atom. The number of hydrogen-bond donors (Lipinski definition) is 2. The molecule has 2 aliphatic carbocycles. The monoisotopic (exact) mass is 188 g/mol. The van der Waals surface area contributed by atoms with Crippen LogP contribution in [0.25, 0.3) is 0 Å². The normalized spacial score (nSPS) is 30.1. The summed E-state index contributed by atoms with van der Waals surface area (Å²) in [7, 11) is 0. The van der Waals surface area contributed by atoms with Crippen LogP contribution in [0.4, 0.5) is 0 Å². The second-order valence-corrected chi connectivity index (χ2v) is 4.40. The molecule has 3 aliphatic rings. The van der Waals surface area contributed by atoms with Crippen molar-refractivity contribution in [3.63, 3.8) is 0 Å². The second-order valence-electron chi connectivity index (χ2n) is 4.40. The lowest BCUT2D eigenvalue weighted by Crippen LogP contribution is -2.25. The van der Waals surface area contributed by atoms with Crippen LogP contribution in [-0.2, 0) is 0 Å². The molecule has 0 saturated heterocycles. The third-order valence-corrected chi connectivity index (χ3v) is 3.45. The minimum Gasteiger partial charge on any atom is -0.399 e. The van der Waals surface area contributed by atoms with E-state index in [-0.39, 0.29) is 0 Å². The van der Waals surface area contributed by atoms with Crippen molar-refractivity contribution in [2.24, 2.45) is 5.73 Å². The van der Waals surface area contributed by atoms with Crippen molar-refractivity contribution in [1.29, 1.82) is 0 Å². The van der Waals surface area contributed by atoms with Crippen molar-refractivity contribution in [3.8, 4) is 0 Å². The minimum absolute atomic E-state index is 0.533. The minimum atomic E-state index is 0.533. The van der Waals surface area contributed by atoms with Crippen LogP contribution in [0.1, 0.15) is 32.1 Å². The Labute approximate surface area is 84.6 Å². The summed E-state index contributed by atoms with van der Waals surface area (Å²) in [5.74, 6) is 0. The summed E-state index contributed by atoms with van der Waals surface area (Å²) < 4.78 is 0. The lowest BCUT2D eigenvalue weighted by Gasteiger charge is -2.17. The van der Waals surface area contributed by atoms with Gasteiger partial charge in [0.1, 0.15) is 0 Å². The Bertz CT molecular complexity index is 361. The van der Waals surface area contributed by atoms with Gasteiger partial charge >= 0.3 is 0 Å². The van der Waals surface area contributed by atoms with Crippen LogP contribution in [0.5, 0.6) is 0 Å². The van der Waals surface area contributed by atoms with Gasteiger partial charge in [-0.15, -0.1) is 0 Å². The lowest BCUT2D eigenvalue weighted by molar-refractivity contribution is 0.629. The molecule has 1 atom stereocenters. The molecule has 0 spiro atoms. The van der Waals surface area contributed by atoms with Gasteiger partial charge in [0.25, 0.3) is 0 Å². The molecule has 1 unspecified atom stereocenters. The highest BCUT2D eigenvalue weighted by Gasteiger charge is 2.30. The quantitative estimate of drug-likeness (QED) is 0.610. The summed E-state index contributed by atoms with van der Waals surface area (Å²) in [4.78, 5) is 0. The van der Waals surface area contributed by atoms with Gasteiger partial charge < -0.3 is 11.1 Å². The van der Waals surface area contributed by atoms with Crippen LogP contribution in [0.2, 0.25) is 0 Å². The average Bonchev–Trinajstić information content (AvgIpc) is 2.56. The van der Waals surface area contributed by atoms with Crippen LogP contribution in [0.3, 0.4) is 0 Å². The van der Waals surface area contributed by atoms with E-state index in [4.69, 9.17) is 5.73 Å². The first-order valence-corrected chi connectivity index (χ1v) is 5.51. The van der Waals surface area contributed by atoms with Gasteiger partial charge in [-0.25, -0.2) is 0 Å². The standard InChI is InChI=1S/C12H16N2/c13-8-5-6-12-10(7-8)9-3-1-2-4-11(9)14-12/h5,7,12,14H,1-4,6,13H2. The molecule has 3 rings (SSSR count). The van der Waals surface area contributed by atoms with Crippen molar-refractivity contribution < 1.29 is 0 Å². The van der Waals surface area contributed by atoms with E-state index >= 15 is 0 Å². The van der Waals surface area contributed by atoms with E-state index in [2.05, 4.69) is 17.5 Å². The Balaban J connectivity index is 2.00. The molecule has 1 aliphatic heterocycles. The van der Waals surface area contributed by atoms with Gasteiger partial charge in [0.05, 0.1) is 6.04 Å². The number of nitrogens with two attached hydrogens (primary N) is 1. The van der Waals surface area contributed by atoms with E-state index in [1.807, 2.05) is 0 Å². The molecule has 0 bridgehead atoms. The summed E-state index contributed by atoms with van der Waals surface area (Å²) in [5.41, 5.74) is 11.3. The molecule has 0 saturated carbocycles. The number of rotatable bonds is 0. The van der Waals surface area contributed by atoms with Crippen molar-refractivity contribution in [2.45, 2.75) is 38.1 Å². The van der Waals surface area contributed by atoms with Gasteiger partial charge in [0.15, 0.2) is 0 Å². The highest BCUT2D eigenvalue weighted by molar-refractivity contribution is 5.50. The molecular formula is C12H16N2. The van der Waals surface area contributed by atoms with Crippen LogP contribution < -0.4 is 11.1 Å². The number of hydrogen-bond acceptors (Lipinski definition) is 2. The topological polar surface area (TPSA) is 38.0 Å². The van der Waals surface area contributed by atoms with Crippen molar-refractivity contribution >= 4 is 0 Å². The Morgan fingerprint density at radius 1 is 1.29 bits per heavy atom. The van der Waals surface area contributed by atoms with E-state index < -0.39 is 0 Å². The molecule has 14 heavy (non-hydrogen) atoms. The predicted octanol–water partition coefficient (Wildman–Crippen LogP) is 1.96. The third-order valence-electron chi connectivity index (χ3n) is 3.45. The zero-order chi connectivity index (χ0) is 9.54. The Morgan fingerprint density at radius 2 is 2.14 bits per heavy atom. The molecule has 0 aromatic carbocycles. The van der Waals surface area contributed by atoms with E-state index in [1.165, 1.54) is 37.0 Å². The van der Waals surface area contributed by atoms with Gasteiger partial charge in [-0.1, -0.05) is 6.08 Å². The van der Waals surface area contributed by atoms with Gasteiger partial charge in [-0.3, -0.25) is 0 Å².